The van der Waals surface area contributed by atoms with E-state index in [0.29, 0.717) is 28.4 Å². The molecule has 12 nitrogen and oxygen atoms in total. The van der Waals surface area contributed by atoms with Crippen molar-refractivity contribution in [1.82, 2.24) is 10.3 Å². The Morgan fingerprint density at radius 2 is 1.95 bits per heavy atom. The number of anilines is 3. The fraction of sp³-hybridized carbons (Fsp3) is 0.300. The number of nitrogens with zero attached hydrogens (tertiary/aromatic N) is 4. The van der Waals surface area contributed by atoms with Crippen LogP contribution in [-0.2, 0) is 16.3 Å². The van der Waals surface area contributed by atoms with Crippen LogP contribution in [0.2, 0.25) is 5.02 Å². The lowest BCUT2D eigenvalue weighted by Gasteiger charge is -2.30. The minimum Gasteiger partial charge on any atom is -0.454 e. The maximum Gasteiger partial charge on any atom is 0.257 e. The van der Waals surface area contributed by atoms with Gasteiger partial charge < -0.3 is 29.9 Å². The van der Waals surface area contributed by atoms with Crippen LogP contribution in [0.5, 0.6) is 11.5 Å². The molecule has 1 saturated heterocycles. The Balaban J connectivity index is 1.34. The van der Waals surface area contributed by atoms with Crippen LogP contribution in [0.4, 0.5) is 17.2 Å². The van der Waals surface area contributed by atoms with Crippen LogP contribution in [0.1, 0.15) is 41.8 Å². The largest absolute Gasteiger partial charge is 0.454 e. The van der Waals surface area contributed by atoms with Crippen LogP contribution in [-0.4, -0.2) is 49.8 Å². The van der Waals surface area contributed by atoms with E-state index in [1.165, 1.54) is 6.20 Å². The number of rotatable bonds is 7. The number of piperazine rings is 1. The maximum absolute atomic E-state index is 13.5. The first kappa shape index (κ1) is 28.7. The third-order valence-corrected chi connectivity index (χ3v) is 7.85. The van der Waals surface area contributed by atoms with E-state index in [-0.39, 0.29) is 23.6 Å². The van der Waals surface area contributed by atoms with Crippen LogP contribution in [0.15, 0.2) is 59.3 Å². The molecule has 0 saturated carbocycles. The van der Waals surface area contributed by atoms with Crippen molar-refractivity contribution in [2.75, 3.05) is 48.2 Å². The van der Waals surface area contributed by atoms with Gasteiger partial charge in [-0.05, 0) is 61.2 Å². The molecule has 0 atom stereocenters. The summed E-state index contributed by atoms with van der Waals surface area (Å²) in [5.41, 5.74) is 5.63. The molecule has 43 heavy (non-hydrogen) atoms. The number of halogens is 1. The van der Waals surface area contributed by atoms with Crippen molar-refractivity contribution in [2.24, 2.45) is 11.0 Å². The number of carbonyl (C=O) groups excluding carboxylic acids is 1. The number of nitrogens with two attached hydrogens (primary N) is 1. The van der Waals surface area contributed by atoms with E-state index in [2.05, 4.69) is 37.5 Å². The lowest BCUT2D eigenvalue weighted by atomic mass is 9.89. The molecule has 0 bridgehead atoms. The Morgan fingerprint density at radius 1 is 1.14 bits per heavy atom. The number of aryl methyl sites for hydroxylation is 1. The molecule has 1 aliphatic carbocycles. The molecule has 4 N–H and O–H groups in total. The highest BCUT2D eigenvalue weighted by Gasteiger charge is 2.26. The number of carbonyl (C=O) groups is 1. The van der Waals surface area contributed by atoms with Crippen molar-refractivity contribution < 1.29 is 24.1 Å². The summed E-state index contributed by atoms with van der Waals surface area (Å²) in [6, 6.07) is 13.2. The van der Waals surface area contributed by atoms with Gasteiger partial charge in [0.05, 0.1) is 22.0 Å². The number of aromatic nitrogens is 1. The number of nitrogens with one attached hydrogen (secondary N) is 2. The third kappa shape index (κ3) is 6.09. The number of allylic oxidation sites excluding steroid dienone is 1. The monoisotopic (exact) mass is 605 g/mol. The number of ether oxygens (including phenoxy) is 2. The maximum atomic E-state index is 13.5. The highest BCUT2D eigenvalue weighted by atomic mass is 35.5. The van der Waals surface area contributed by atoms with E-state index < -0.39 is 0 Å². The molecule has 1 fully saturated rings. The van der Waals surface area contributed by atoms with E-state index in [4.69, 9.17) is 31.9 Å². The Labute approximate surface area is 253 Å². The van der Waals surface area contributed by atoms with Gasteiger partial charge in [-0.3, -0.25) is 4.79 Å². The second-order valence-electron chi connectivity index (χ2n) is 10.4. The lowest BCUT2D eigenvalue weighted by molar-refractivity contribution is -0.227. The molecule has 0 spiro atoms. The van der Waals surface area contributed by atoms with E-state index in [1.807, 2.05) is 36.4 Å². The van der Waals surface area contributed by atoms with Gasteiger partial charge in [-0.25, -0.2) is 9.99 Å². The zero-order valence-electron chi connectivity index (χ0n) is 23.9. The number of pyridine rings is 1. The highest BCUT2D eigenvalue weighted by molar-refractivity contribution is 6.34. The number of benzene rings is 2. The molecular formula is C30H32ClN7O5. The first-order valence-corrected chi connectivity index (χ1v) is 14.3. The predicted octanol–water partition coefficient (Wildman–Crippen LogP) is 4.46. The van der Waals surface area contributed by atoms with Crippen LogP contribution in [0, 0.1) is 0 Å². The van der Waals surface area contributed by atoms with Crippen molar-refractivity contribution >= 4 is 46.3 Å². The lowest BCUT2D eigenvalue weighted by Crippen LogP contribution is -2.44. The quantitative estimate of drug-likeness (QED) is 0.153. The molecule has 224 valence electrons. The van der Waals surface area contributed by atoms with E-state index in [0.717, 1.165) is 67.2 Å². The molecule has 3 aromatic rings. The Morgan fingerprint density at radius 3 is 2.77 bits per heavy atom. The summed E-state index contributed by atoms with van der Waals surface area (Å²) < 4.78 is 11.1. The summed E-state index contributed by atoms with van der Waals surface area (Å²) in [4.78, 5) is 29.5. The molecule has 2 aromatic carbocycles. The molecule has 3 aliphatic rings. The van der Waals surface area contributed by atoms with Crippen LogP contribution >= 0.6 is 11.6 Å². The Kier molecular flexibility index (Phi) is 8.34. The van der Waals surface area contributed by atoms with E-state index in [9.17, 15) is 4.79 Å². The molecule has 6 rings (SSSR count). The SMILES string of the molecule is CC1=C(N(/N=C(\C)OON)c2ccc3c(c2)OCO3)c2cc(NC(=O)c3cc(N4CCNCC4)ncc3Cl)ccc2CC1. The van der Waals surface area contributed by atoms with E-state index >= 15 is 0 Å². The van der Waals surface area contributed by atoms with Gasteiger partial charge in [0.2, 0.25) is 12.7 Å². The molecule has 1 amide bonds. The number of hydrogen-bond acceptors (Lipinski definition) is 11. The fourth-order valence-corrected chi connectivity index (χ4v) is 5.60. The van der Waals surface area contributed by atoms with E-state index in [1.54, 1.807) is 18.0 Å². The number of amides is 1. The van der Waals surface area contributed by atoms with Crippen molar-refractivity contribution in [1.29, 1.82) is 0 Å². The summed E-state index contributed by atoms with van der Waals surface area (Å²) >= 11 is 6.44. The fourth-order valence-electron chi connectivity index (χ4n) is 5.41. The van der Waals surface area contributed by atoms with Gasteiger partial charge in [-0.1, -0.05) is 22.7 Å². The molecular weight excluding hydrogens is 574 g/mol. The standard InChI is InChI=1S/C30H32ClN7O5/c1-18-3-4-20-5-6-21(35-30(39)24-15-28(34-16-25(24)31)37-11-9-33-10-12-37)13-23(20)29(18)38(36-19(2)42-43-32)22-7-8-26-27(14-22)41-17-40-26/h5-8,13-16,33H,3-4,9-12,17,32H2,1-2H3,(H,35,39)/b36-19+. The van der Waals surface area contributed by atoms with Gasteiger partial charge in [0.1, 0.15) is 5.82 Å². The summed E-state index contributed by atoms with van der Waals surface area (Å²) in [5.74, 6) is 6.99. The minimum atomic E-state index is -0.322. The van der Waals surface area contributed by atoms with Gasteiger partial charge >= 0.3 is 0 Å². The van der Waals surface area contributed by atoms with Gasteiger partial charge in [0.15, 0.2) is 11.5 Å². The zero-order valence-corrected chi connectivity index (χ0v) is 24.6. The molecule has 0 unspecified atom stereocenters. The average molecular weight is 606 g/mol. The topological polar surface area (TPSA) is 136 Å². The van der Waals surface area contributed by atoms with Crippen LogP contribution in [0.3, 0.4) is 0 Å². The first-order valence-electron chi connectivity index (χ1n) is 14.0. The second kappa shape index (κ2) is 12.5. The van der Waals surface area contributed by atoms with Crippen molar-refractivity contribution in [3.8, 4) is 11.5 Å². The Hall–Kier alpha value is -4.36. The highest BCUT2D eigenvalue weighted by Crippen LogP contribution is 2.42. The van der Waals surface area contributed by atoms with Crippen molar-refractivity contribution in [2.45, 2.75) is 26.7 Å². The average Bonchev–Trinajstić information content (AvgIpc) is 3.49. The summed E-state index contributed by atoms with van der Waals surface area (Å²) in [6.45, 7) is 7.16. The minimum absolute atomic E-state index is 0.150. The van der Waals surface area contributed by atoms with Crippen LogP contribution in [0.25, 0.3) is 5.70 Å². The smallest absolute Gasteiger partial charge is 0.257 e. The zero-order chi connectivity index (χ0) is 29.9. The number of fused-ring (bicyclic) bond motifs is 2. The van der Waals surface area contributed by atoms with Crippen LogP contribution < -0.4 is 35.9 Å². The van der Waals surface area contributed by atoms with Gasteiger partial charge in [0.25, 0.3) is 5.91 Å². The van der Waals surface area contributed by atoms with Gasteiger partial charge in [0, 0.05) is 56.6 Å². The number of hydrogen-bond donors (Lipinski definition) is 3. The van der Waals surface area contributed by atoms with Crippen molar-refractivity contribution in [3.05, 3.63) is 75.9 Å². The summed E-state index contributed by atoms with van der Waals surface area (Å²) in [7, 11) is 0. The predicted molar refractivity (Wildman–Crippen MR) is 164 cm³/mol. The number of hydrazone groups is 1. The van der Waals surface area contributed by atoms with Crippen molar-refractivity contribution in [3.63, 3.8) is 0 Å². The second-order valence-corrected chi connectivity index (χ2v) is 10.8. The van der Waals surface area contributed by atoms with Gasteiger partial charge in [-0.2, -0.15) is 5.90 Å². The molecule has 0 radical (unpaired) electrons. The molecule has 3 heterocycles. The summed E-state index contributed by atoms with van der Waals surface area (Å²) in [5, 5.41) is 13.1. The first-order chi connectivity index (χ1) is 20.9. The van der Waals surface area contributed by atoms with Gasteiger partial charge in [-0.15, -0.1) is 5.10 Å². The molecule has 2 aliphatic heterocycles. The Bertz CT molecular complexity index is 1610. The molecule has 1 aromatic heterocycles. The normalized spacial score (nSPS) is 16.2. The third-order valence-electron chi connectivity index (χ3n) is 7.55. The molecule has 13 heteroatoms. The summed E-state index contributed by atoms with van der Waals surface area (Å²) in [6.07, 6.45) is 3.18.